The van der Waals surface area contributed by atoms with Crippen LogP contribution in [0.25, 0.3) is 11.0 Å². The summed E-state index contributed by atoms with van der Waals surface area (Å²) in [6, 6.07) is 9.23. The number of fused-ring (bicyclic) bond motifs is 1. The summed E-state index contributed by atoms with van der Waals surface area (Å²) in [5, 5.41) is 3.99. The number of nitrogens with zero attached hydrogens (tertiary/aromatic N) is 2. The number of carbonyl (C=O) groups is 1. The van der Waals surface area contributed by atoms with Gasteiger partial charge in [0.05, 0.1) is 17.5 Å². The molecular weight excluding hydrogens is 433 g/mol. The normalized spacial score (nSPS) is 16.8. The summed E-state index contributed by atoms with van der Waals surface area (Å²) < 4.78 is 44.8. The zero-order chi connectivity index (χ0) is 23.0. The minimum absolute atomic E-state index is 0.111. The molecule has 1 N–H and O–H groups in total. The molecule has 1 aliphatic rings. The molecule has 4 rings (SSSR count). The lowest BCUT2D eigenvalue weighted by Crippen LogP contribution is -2.31. The summed E-state index contributed by atoms with van der Waals surface area (Å²) in [6.07, 6.45) is 4.45. The number of furan rings is 1. The van der Waals surface area contributed by atoms with Crippen molar-refractivity contribution >= 4 is 38.3 Å². The van der Waals surface area contributed by atoms with Crippen LogP contribution < -0.4 is 14.5 Å². The molecule has 1 unspecified atom stereocenters. The minimum Gasteiger partial charge on any atom is -0.463 e. The summed E-state index contributed by atoms with van der Waals surface area (Å²) >= 11 is 0. The van der Waals surface area contributed by atoms with Crippen molar-refractivity contribution < 1.29 is 22.0 Å². The zero-order valence-electron chi connectivity index (χ0n) is 18.3. The molecule has 1 fully saturated rings. The maximum atomic E-state index is 13.3. The van der Waals surface area contributed by atoms with Crippen molar-refractivity contribution in [2.45, 2.75) is 18.8 Å². The lowest BCUT2D eigenvalue weighted by atomic mass is 9.89. The number of amides is 1. The van der Waals surface area contributed by atoms with E-state index in [2.05, 4.69) is 5.32 Å². The van der Waals surface area contributed by atoms with E-state index in [0.29, 0.717) is 27.9 Å². The van der Waals surface area contributed by atoms with E-state index >= 15 is 0 Å². The van der Waals surface area contributed by atoms with Crippen molar-refractivity contribution in [3.05, 3.63) is 59.6 Å². The Hall–Kier alpha value is -2.91. The van der Waals surface area contributed by atoms with Gasteiger partial charge in [0, 0.05) is 37.8 Å². The fourth-order valence-electron chi connectivity index (χ4n) is 4.10. The molecule has 0 aliphatic carbocycles. The highest BCUT2D eigenvalue weighted by Gasteiger charge is 2.27. The maximum Gasteiger partial charge on any atom is 0.261 e. The van der Waals surface area contributed by atoms with E-state index in [-0.39, 0.29) is 17.6 Å². The Morgan fingerprint density at radius 1 is 1.19 bits per heavy atom. The third-order valence-corrected chi connectivity index (χ3v) is 7.24. The second kappa shape index (κ2) is 8.55. The summed E-state index contributed by atoms with van der Waals surface area (Å²) in [7, 11) is -0.344. The molecule has 2 heterocycles. The highest BCUT2D eigenvalue weighted by molar-refractivity contribution is 7.92. The largest absolute Gasteiger partial charge is 0.463 e. The first-order valence-electron chi connectivity index (χ1n) is 10.4. The highest BCUT2D eigenvalue weighted by Crippen LogP contribution is 2.38. The molecule has 0 spiro atoms. The molecule has 7 nitrogen and oxygen atoms in total. The van der Waals surface area contributed by atoms with Gasteiger partial charge < -0.3 is 14.6 Å². The Labute approximate surface area is 186 Å². The van der Waals surface area contributed by atoms with Gasteiger partial charge in [-0.2, -0.15) is 0 Å². The van der Waals surface area contributed by atoms with Gasteiger partial charge in [-0.05, 0) is 61.2 Å². The van der Waals surface area contributed by atoms with E-state index in [1.807, 2.05) is 6.07 Å². The molecule has 2 aromatic carbocycles. The second-order valence-corrected chi connectivity index (χ2v) is 10.2. The standard InChI is InChI=1S/C23H26FN3O4S/c1-26(17-8-6-16(24)7-9-17)23(28)20-14-31-22-12-21(27(2)32(3,29)30)18(11-19(20)22)15-5-4-10-25-13-15/h6-9,11-12,14-15,25H,4-5,10,13H2,1-3H3. The number of sulfonamides is 1. The van der Waals surface area contributed by atoms with E-state index in [1.165, 1.54) is 46.8 Å². The summed E-state index contributed by atoms with van der Waals surface area (Å²) in [6.45, 7) is 1.65. The molecule has 1 atom stereocenters. The van der Waals surface area contributed by atoms with Crippen molar-refractivity contribution in [3.8, 4) is 0 Å². The van der Waals surface area contributed by atoms with Gasteiger partial charge in [-0.15, -0.1) is 0 Å². The van der Waals surface area contributed by atoms with Crippen LogP contribution in [0, 0.1) is 5.82 Å². The van der Waals surface area contributed by atoms with Crippen LogP contribution in [0.5, 0.6) is 0 Å². The SMILES string of the molecule is CN(C(=O)c1coc2cc(N(C)S(C)(=O)=O)c(C3CCCNC3)cc12)c1ccc(F)cc1. The first-order chi connectivity index (χ1) is 15.2. The predicted octanol–water partition coefficient (Wildman–Crippen LogP) is 3.71. The van der Waals surface area contributed by atoms with Crippen molar-refractivity contribution in [3.63, 3.8) is 0 Å². The Morgan fingerprint density at radius 3 is 2.53 bits per heavy atom. The quantitative estimate of drug-likeness (QED) is 0.629. The van der Waals surface area contributed by atoms with Crippen molar-refractivity contribution in [1.29, 1.82) is 0 Å². The van der Waals surface area contributed by atoms with Crippen molar-refractivity contribution in [2.75, 3.05) is 42.6 Å². The van der Waals surface area contributed by atoms with Gasteiger partial charge in [0.1, 0.15) is 17.7 Å². The van der Waals surface area contributed by atoms with Gasteiger partial charge in [0.2, 0.25) is 10.0 Å². The van der Waals surface area contributed by atoms with Crippen molar-refractivity contribution in [1.82, 2.24) is 5.32 Å². The van der Waals surface area contributed by atoms with Crippen LogP contribution in [0.4, 0.5) is 15.8 Å². The maximum absolute atomic E-state index is 13.3. The molecule has 1 aliphatic heterocycles. The molecule has 1 aromatic heterocycles. The molecule has 3 aromatic rings. The fourth-order valence-corrected chi connectivity index (χ4v) is 4.62. The highest BCUT2D eigenvalue weighted by atomic mass is 32.2. The number of nitrogens with one attached hydrogen (secondary N) is 1. The summed E-state index contributed by atoms with van der Waals surface area (Å²) in [4.78, 5) is 14.7. The Balaban J connectivity index is 1.80. The third kappa shape index (κ3) is 4.22. The average molecular weight is 460 g/mol. The lowest BCUT2D eigenvalue weighted by Gasteiger charge is -2.28. The van der Waals surface area contributed by atoms with Gasteiger partial charge in [0.25, 0.3) is 5.91 Å². The number of hydrogen-bond acceptors (Lipinski definition) is 5. The number of halogens is 1. The number of benzene rings is 2. The van der Waals surface area contributed by atoms with E-state index in [4.69, 9.17) is 4.42 Å². The van der Waals surface area contributed by atoms with Crippen LogP contribution in [0.1, 0.15) is 34.7 Å². The zero-order valence-corrected chi connectivity index (χ0v) is 19.1. The van der Waals surface area contributed by atoms with Crippen LogP contribution >= 0.6 is 0 Å². The lowest BCUT2D eigenvalue weighted by molar-refractivity contribution is 0.0993. The van der Waals surface area contributed by atoms with Crippen molar-refractivity contribution in [2.24, 2.45) is 0 Å². The molecule has 0 saturated carbocycles. The van der Waals surface area contributed by atoms with Gasteiger partial charge in [-0.3, -0.25) is 9.10 Å². The Morgan fingerprint density at radius 2 is 1.91 bits per heavy atom. The van der Waals surface area contributed by atoms with Gasteiger partial charge in [0.15, 0.2) is 0 Å². The number of rotatable bonds is 5. The smallest absolute Gasteiger partial charge is 0.261 e. The molecule has 170 valence electrons. The molecule has 1 amide bonds. The van der Waals surface area contributed by atoms with Crippen LogP contribution in [0.3, 0.4) is 0 Å². The molecule has 0 bridgehead atoms. The molecule has 9 heteroatoms. The predicted molar refractivity (Wildman–Crippen MR) is 123 cm³/mol. The average Bonchev–Trinajstić information content (AvgIpc) is 3.20. The van der Waals surface area contributed by atoms with E-state index in [1.54, 1.807) is 13.1 Å². The van der Waals surface area contributed by atoms with E-state index < -0.39 is 10.0 Å². The number of hydrogen-bond donors (Lipinski definition) is 1. The Kier molecular flexibility index (Phi) is 5.96. The number of piperidine rings is 1. The van der Waals surface area contributed by atoms with E-state index in [9.17, 15) is 17.6 Å². The first-order valence-corrected chi connectivity index (χ1v) is 12.2. The van der Waals surface area contributed by atoms with E-state index in [0.717, 1.165) is 37.8 Å². The molecular formula is C23H26FN3O4S. The van der Waals surface area contributed by atoms with Gasteiger partial charge >= 0.3 is 0 Å². The molecule has 1 saturated heterocycles. The van der Waals surface area contributed by atoms with Gasteiger partial charge in [-0.1, -0.05) is 0 Å². The number of anilines is 2. The number of carbonyl (C=O) groups excluding carboxylic acids is 1. The first kappa shape index (κ1) is 22.3. The summed E-state index contributed by atoms with van der Waals surface area (Å²) in [5.74, 6) is -0.566. The Bertz CT molecular complexity index is 1250. The summed E-state index contributed by atoms with van der Waals surface area (Å²) in [5.41, 5.74) is 2.76. The third-order valence-electron chi connectivity index (χ3n) is 6.05. The van der Waals surface area contributed by atoms with Crippen LogP contribution in [0.15, 0.2) is 47.1 Å². The molecule has 32 heavy (non-hydrogen) atoms. The fraction of sp³-hybridized carbons (Fsp3) is 0.348. The van der Waals surface area contributed by atoms with Crippen LogP contribution in [-0.4, -0.2) is 47.8 Å². The molecule has 0 radical (unpaired) electrons. The monoisotopic (exact) mass is 459 g/mol. The topological polar surface area (TPSA) is 82.9 Å². The van der Waals surface area contributed by atoms with Gasteiger partial charge in [-0.25, -0.2) is 12.8 Å². The van der Waals surface area contributed by atoms with Crippen LogP contribution in [0.2, 0.25) is 0 Å². The van der Waals surface area contributed by atoms with Crippen LogP contribution in [-0.2, 0) is 10.0 Å². The minimum atomic E-state index is -3.48. The second-order valence-electron chi connectivity index (χ2n) is 8.17.